The molecule has 0 aliphatic rings. The maximum absolute atomic E-state index is 11.2. The number of hydrogen-bond acceptors (Lipinski definition) is 10. The van der Waals surface area contributed by atoms with Crippen LogP contribution in [0.2, 0.25) is 0 Å². The van der Waals surface area contributed by atoms with Crippen molar-refractivity contribution in [3.8, 4) is 34.1 Å². The Morgan fingerprint density at radius 3 is 0.974 bits per heavy atom. The fourth-order valence-electron chi connectivity index (χ4n) is 3.57. The van der Waals surface area contributed by atoms with E-state index in [2.05, 4.69) is 0 Å². The summed E-state index contributed by atoms with van der Waals surface area (Å²) < 4.78 is 11.2. The lowest BCUT2D eigenvalue weighted by molar-refractivity contribution is -0.259. The van der Waals surface area contributed by atoms with Crippen molar-refractivity contribution >= 4 is 23.9 Å². The molecule has 190 valence electrons. The van der Waals surface area contributed by atoms with E-state index in [1.807, 2.05) is 0 Å². The lowest BCUT2D eigenvalue weighted by Gasteiger charge is -2.14. The number of rotatable bonds is 9. The van der Waals surface area contributed by atoms with Crippen molar-refractivity contribution in [3.05, 3.63) is 107 Å². The van der Waals surface area contributed by atoms with Crippen LogP contribution in [0.3, 0.4) is 0 Å². The summed E-state index contributed by atoms with van der Waals surface area (Å²) in [6, 6.07) is 20.3. The molecule has 10 nitrogen and oxygen atoms in total. The Labute approximate surface area is 214 Å². The molecule has 0 radical (unpaired) electrons. The topological polar surface area (TPSA) is 179 Å². The predicted octanol–water partition coefficient (Wildman–Crippen LogP) is 0.392. The van der Waals surface area contributed by atoms with Gasteiger partial charge in [0.25, 0.3) is 0 Å². The van der Waals surface area contributed by atoms with Crippen LogP contribution >= 0.6 is 0 Å². The van der Waals surface area contributed by atoms with E-state index in [1.54, 1.807) is 48.5 Å². The van der Waals surface area contributed by atoms with Crippen LogP contribution in [0.1, 0.15) is 41.4 Å². The Hall–Kier alpha value is -5.64. The molecule has 4 aromatic carbocycles. The normalized spacial score (nSPS) is 10.4. The first-order valence-corrected chi connectivity index (χ1v) is 10.8. The van der Waals surface area contributed by atoms with Crippen molar-refractivity contribution in [2.24, 2.45) is 0 Å². The predicted molar refractivity (Wildman–Crippen MR) is 122 cm³/mol. The van der Waals surface area contributed by atoms with Crippen LogP contribution in [0.25, 0.3) is 11.1 Å². The van der Waals surface area contributed by atoms with E-state index in [4.69, 9.17) is 9.47 Å². The van der Waals surface area contributed by atoms with Crippen LogP contribution in [0, 0.1) is 0 Å². The molecule has 0 saturated carbocycles. The third kappa shape index (κ3) is 5.60. The molecule has 0 amide bonds. The standard InChI is InChI=1S/C28H18O10/c29-25(30)21-11-9-19(13-23(21)27(33)34)37-17-5-1-15(2-6-17)16-3-7-18(8-4-16)38-20-10-12-22(26(31)32)24(14-20)28(35)36/h1-14H,(H,29,30)(H,31,32)(H,33,34)(H,35,36)/p-4. The van der Waals surface area contributed by atoms with Gasteiger partial charge in [0.05, 0.1) is 23.9 Å². The van der Waals surface area contributed by atoms with Crippen LogP contribution in [-0.4, -0.2) is 23.9 Å². The largest absolute Gasteiger partial charge is 0.545 e. The lowest BCUT2D eigenvalue weighted by atomic mass is 10.1. The van der Waals surface area contributed by atoms with Crippen molar-refractivity contribution in [1.29, 1.82) is 0 Å². The van der Waals surface area contributed by atoms with Crippen molar-refractivity contribution in [1.82, 2.24) is 0 Å². The number of carbonyl (C=O) groups is 4. The van der Waals surface area contributed by atoms with Gasteiger partial charge in [-0.05, 0) is 71.8 Å². The van der Waals surface area contributed by atoms with Gasteiger partial charge < -0.3 is 49.1 Å². The summed E-state index contributed by atoms with van der Waals surface area (Å²) in [4.78, 5) is 44.6. The third-order valence-electron chi connectivity index (χ3n) is 5.38. The van der Waals surface area contributed by atoms with E-state index in [1.165, 1.54) is 12.1 Å². The molecule has 4 rings (SSSR count). The maximum atomic E-state index is 11.2. The Bertz CT molecular complexity index is 1440. The highest BCUT2D eigenvalue weighted by Crippen LogP contribution is 2.30. The molecule has 0 bridgehead atoms. The maximum Gasteiger partial charge on any atom is 0.128 e. The van der Waals surface area contributed by atoms with E-state index in [0.717, 1.165) is 35.4 Å². The zero-order valence-electron chi connectivity index (χ0n) is 19.2. The average molecular weight is 510 g/mol. The highest BCUT2D eigenvalue weighted by Gasteiger charge is 2.10. The number of carboxylic acids is 4. The third-order valence-corrected chi connectivity index (χ3v) is 5.38. The Morgan fingerprint density at radius 2 is 0.684 bits per heavy atom. The van der Waals surface area contributed by atoms with Crippen LogP contribution in [0.4, 0.5) is 0 Å². The smallest absolute Gasteiger partial charge is 0.128 e. The second-order valence-electron chi connectivity index (χ2n) is 7.82. The fraction of sp³-hybridized carbons (Fsp3) is 0. The summed E-state index contributed by atoms with van der Waals surface area (Å²) >= 11 is 0. The molecule has 38 heavy (non-hydrogen) atoms. The molecule has 0 atom stereocenters. The van der Waals surface area contributed by atoms with E-state index in [9.17, 15) is 39.6 Å². The highest BCUT2D eigenvalue weighted by molar-refractivity contribution is 6.01. The summed E-state index contributed by atoms with van der Waals surface area (Å²) in [5, 5.41) is 44.6. The quantitative estimate of drug-likeness (QED) is 0.306. The molecule has 0 N–H and O–H groups in total. The molecule has 0 unspecified atom stereocenters. The van der Waals surface area contributed by atoms with Gasteiger partial charge in [0.15, 0.2) is 0 Å². The number of carbonyl (C=O) groups excluding carboxylic acids is 4. The Balaban J connectivity index is 1.47. The minimum Gasteiger partial charge on any atom is -0.545 e. The monoisotopic (exact) mass is 510 g/mol. The summed E-state index contributed by atoms with van der Waals surface area (Å²) in [5.74, 6) is -5.72. The van der Waals surface area contributed by atoms with Gasteiger partial charge in [-0.2, -0.15) is 0 Å². The van der Waals surface area contributed by atoms with Crippen molar-refractivity contribution in [2.75, 3.05) is 0 Å². The first-order valence-electron chi connectivity index (χ1n) is 10.8. The average Bonchev–Trinajstić information content (AvgIpc) is 2.89. The van der Waals surface area contributed by atoms with Crippen LogP contribution < -0.4 is 29.9 Å². The van der Waals surface area contributed by atoms with Crippen LogP contribution in [0.5, 0.6) is 23.0 Å². The molecule has 0 fully saturated rings. The molecule has 0 aromatic heterocycles. The molecular formula is C28H14O10-4. The molecule has 4 aromatic rings. The minimum absolute atomic E-state index is 0.0953. The summed E-state index contributed by atoms with van der Waals surface area (Å²) in [7, 11) is 0. The SMILES string of the molecule is O=C([O-])c1ccc(Oc2ccc(-c3ccc(Oc4ccc(C(=O)[O-])c(C(=O)[O-])c4)cc3)cc2)cc1C(=O)[O-]. The van der Waals surface area contributed by atoms with Gasteiger partial charge in [0.2, 0.25) is 0 Å². The molecule has 0 aliphatic heterocycles. The van der Waals surface area contributed by atoms with Gasteiger partial charge in [0.1, 0.15) is 23.0 Å². The van der Waals surface area contributed by atoms with Crippen LogP contribution in [0.15, 0.2) is 84.9 Å². The van der Waals surface area contributed by atoms with Gasteiger partial charge >= 0.3 is 0 Å². The molecule has 0 heterocycles. The van der Waals surface area contributed by atoms with Gasteiger partial charge in [0, 0.05) is 22.3 Å². The molecule has 0 aliphatic carbocycles. The van der Waals surface area contributed by atoms with E-state index < -0.39 is 46.1 Å². The summed E-state index contributed by atoms with van der Waals surface area (Å²) in [6.07, 6.45) is 0. The molecule has 0 spiro atoms. The van der Waals surface area contributed by atoms with Crippen molar-refractivity contribution in [3.63, 3.8) is 0 Å². The van der Waals surface area contributed by atoms with Gasteiger partial charge in [-0.1, -0.05) is 24.3 Å². The molecule has 0 saturated heterocycles. The first kappa shape index (κ1) is 25.5. The zero-order valence-corrected chi connectivity index (χ0v) is 19.2. The van der Waals surface area contributed by atoms with Crippen LogP contribution in [-0.2, 0) is 0 Å². The fourth-order valence-corrected chi connectivity index (χ4v) is 3.57. The van der Waals surface area contributed by atoms with E-state index >= 15 is 0 Å². The highest BCUT2D eigenvalue weighted by atomic mass is 16.5. The lowest BCUT2D eigenvalue weighted by Crippen LogP contribution is -2.30. The second kappa shape index (κ2) is 10.5. The summed E-state index contributed by atoms with van der Waals surface area (Å²) in [5.41, 5.74) is -0.573. The first-order chi connectivity index (χ1) is 18.1. The minimum atomic E-state index is -1.67. The van der Waals surface area contributed by atoms with E-state index in [-0.39, 0.29) is 11.5 Å². The van der Waals surface area contributed by atoms with Gasteiger partial charge in [-0.15, -0.1) is 0 Å². The Morgan fingerprint density at radius 1 is 0.395 bits per heavy atom. The number of aromatic carboxylic acids is 4. The second-order valence-corrected chi connectivity index (χ2v) is 7.82. The molecular weight excluding hydrogens is 496 g/mol. The van der Waals surface area contributed by atoms with Gasteiger partial charge in [-0.25, -0.2) is 0 Å². The number of hydrogen-bond donors (Lipinski definition) is 0. The van der Waals surface area contributed by atoms with Crippen molar-refractivity contribution in [2.45, 2.75) is 0 Å². The van der Waals surface area contributed by atoms with Crippen molar-refractivity contribution < 1.29 is 49.1 Å². The Kier molecular flexibility index (Phi) is 7.06. The number of ether oxygens (including phenoxy) is 2. The number of carboxylic acid groups (broad SMARTS) is 4. The zero-order chi connectivity index (χ0) is 27.4. The van der Waals surface area contributed by atoms with E-state index in [0.29, 0.717) is 11.5 Å². The molecule has 10 heteroatoms. The summed E-state index contributed by atoms with van der Waals surface area (Å²) in [6.45, 7) is 0. The number of benzene rings is 4. The van der Waals surface area contributed by atoms with Gasteiger partial charge in [-0.3, -0.25) is 0 Å².